The summed E-state index contributed by atoms with van der Waals surface area (Å²) in [5.74, 6) is -0.467. The molecule has 0 aromatic heterocycles. The van der Waals surface area contributed by atoms with E-state index in [0.717, 1.165) is 0 Å². The van der Waals surface area contributed by atoms with Gasteiger partial charge >= 0.3 is 6.18 Å². The maximum atomic E-state index is 12.6. The minimum absolute atomic E-state index is 0.247. The van der Waals surface area contributed by atoms with Crippen LogP contribution < -0.4 is 11.1 Å². The van der Waals surface area contributed by atoms with Crippen LogP contribution in [-0.2, 0) is 4.79 Å². The largest absolute Gasteiger partial charge is 0.401 e. The van der Waals surface area contributed by atoms with Gasteiger partial charge in [-0.15, -0.1) is 0 Å². The average molecular weight is 295 g/mol. The number of rotatable bonds is 7. The van der Waals surface area contributed by atoms with Crippen molar-refractivity contribution >= 4 is 5.91 Å². The number of nitrogens with one attached hydrogen (secondary N) is 1. The Kier molecular flexibility index (Phi) is 5.82. The SMILES string of the molecule is CCCN(CC(F)(F)F)C1CCC(NCC)(C(N)=O)C1. The van der Waals surface area contributed by atoms with Crippen molar-refractivity contribution < 1.29 is 18.0 Å². The molecule has 1 aliphatic rings. The van der Waals surface area contributed by atoms with Crippen molar-refractivity contribution in [2.75, 3.05) is 19.6 Å². The van der Waals surface area contributed by atoms with Crippen molar-refractivity contribution in [2.45, 2.75) is 57.3 Å². The summed E-state index contributed by atoms with van der Waals surface area (Å²) in [5, 5.41) is 3.06. The van der Waals surface area contributed by atoms with E-state index >= 15 is 0 Å². The molecule has 0 bridgehead atoms. The molecule has 0 radical (unpaired) electrons. The first-order valence-electron chi connectivity index (χ1n) is 7.10. The molecule has 1 saturated carbocycles. The summed E-state index contributed by atoms with van der Waals surface area (Å²) in [7, 11) is 0. The van der Waals surface area contributed by atoms with E-state index in [1.54, 1.807) is 0 Å². The number of primary amides is 1. The molecule has 2 atom stereocenters. The van der Waals surface area contributed by atoms with E-state index in [2.05, 4.69) is 5.32 Å². The number of carbonyl (C=O) groups is 1. The first-order valence-corrected chi connectivity index (χ1v) is 7.10. The Balaban J connectivity index is 2.78. The van der Waals surface area contributed by atoms with Crippen molar-refractivity contribution in [3.8, 4) is 0 Å². The molecule has 3 N–H and O–H groups in total. The van der Waals surface area contributed by atoms with Crippen LogP contribution in [0.1, 0.15) is 39.5 Å². The molecule has 118 valence electrons. The number of likely N-dealkylation sites (N-methyl/N-ethyl adjacent to an activating group) is 1. The third kappa shape index (κ3) is 4.34. The van der Waals surface area contributed by atoms with Gasteiger partial charge in [-0.3, -0.25) is 9.69 Å². The molecular formula is C13H24F3N3O. The molecule has 2 unspecified atom stereocenters. The van der Waals surface area contributed by atoms with E-state index in [1.807, 2.05) is 13.8 Å². The number of amides is 1. The van der Waals surface area contributed by atoms with E-state index in [1.165, 1.54) is 4.90 Å². The molecule has 0 spiro atoms. The molecule has 1 rings (SSSR count). The van der Waals surface area contributed by atoms with Gasteiger partial charge in [-0.2, -0.15) is 13.2 Å². The number of nitrogens with zero attached hydrogens (tertiary/aromatic N) is 1. The molecular weight excluding hydrogens is 271 g/mol. The molecule has 0 aromatic rings. The molecule has 7 heteroatoms. The molecule has 1 amide bonds. The molecule has 20 heavy (non-hydrogen) atoms. The molecule has 0 aliphatic heterocycles. The van der Waals surface area contributed by atoms with Crippen LogP contribution in [0.5, 0.6) is 0 Å². The fourth-order valence-corrected chi connectivity index (χ4v) is 3.05. The van der Waals surface area contributed by atoms with Gasteiger partial charge in [0.15, 0.2) is 0 Å². The van der Waals surface area contributed by atoms with Crippen LogP contribution in [0, 0.1) is 0 Å². The Morgan fingerprint density at radius 2 is 2.10 bits per heavy atom. The minimum atomic E-state index is -4.22. The maximum absolute atomic E-state index is 12.6. The lowest BCUT2D eigenvalue weighted by atomic mass is 9.96. The van der Waals surface area contributed by atoms with Crippen molar-refractivity contribution in [2.24, 2.45) is 5.73 Å². The summed E-state index contributed by atoms with van der Waals surface area (Å²) >= 11 is 0. The zero-order valence-electron chi connectivity index (χ0n) is 12.1. The number of hydrogen-bond donors (Lipinski definition) is 2. The Bertz CT molecular complexity index is 335. The van der Waals surface area contributed by atoms with E-state index in [4.69, 9.17) is 5.73 Å². The highest BCUT2D eigenvalue weighted by Crippen LogP contribution is 2.34. The van der Waals surface area contributed by atoms with Gasteiger partial charge < -0.3 is 11.1 Å². The van der Waals surface area contributed by atoms with E-state index in [0.29, 0.717) is 38.8 Å². The second-order valence-corrected chi connectivity index (χ2v) is 5.46. The van der Waals surface area contributed by atoms with Crippen molar-refractivity contribution in [1.82, 2.24) is 10.2 Å². The van der Waals surface area contributed by atoms with Crippen LogP contribution in [0.2, 0.25) is 0 Å². The Hall–Kier alpha value is -0.820. The van der Waals surface area contributed by atoms with Gasteiger partial charge in [0.05, 0.1) is 12.1 Å². The molecule has 1 aliphatic carbocycles. The van der Waals surface area contributed by atoms with Crippen LogP contribution >= 0.6 is 0 Å². The van der Waals surface area contributed by atoms with E-state index in [-0.39, 0.29) is 6.04 Å². The average Bonchev–Trinajstić information content (AvgIpc) is 2.73. The molecule has 0 aromatic carbocycles. The predicted molar refractivity (Wildman–Crippen MR) is 71.2 cm³/mol. The van der Waals surface area contributed by atoms with Crippen molar-refractivity contribution in [3.05, 3.63) is 0 Å². The van der Waals surface area contributed by atoms with Crippen LogP contribution in [-0.4, -0.2) is 48.2 Å². The first-order chi connectivity index (χ1) is 9.24. The number of halogens is 3. The van der Waals surface area contributed by atoms with Crippen LogP contribution in [0.25, 0.3) is 0 Å². The molecule has 4 nitrogen and oxygen atoms in total. The maximum Gasteiger partial charge on any atom is 0.401 e. The standard InChI is InChI=1S/C13H24F3N3O/c1-3-7-19(9-13(14,15)16)10-5-6-12(8-10,11(17)20)18-4-2/h10,18H,3-9H2,1-2H3,(H2,17,20). The third-order valence-corrected chi connectivity index (χ3v) is 3.88. The highest BCUT2D eigenvalue weighted by atomic mass is 19.4. The number of carbonyl (C=O) groups excluding carboxylic acids is 1. The second-order valence-electron chi connectivity index (χ2n) is 5.46. The second kappa shape index (κ2) is 6.76. The monoisotopic (exact) mass is 295 g/mol. The van der Waals surface area contributed by atoms with Crippen LogP contribution in [0.4, 0.5) is 13.2 Å². The lowest BCUT2D eigenvalue weighted by molar-refractivity contribution is -0.151. The van der Waals surface area contributed by atoms with Crippen molar-refractivity contribution in [3.63, 3.8) is 0 Å². The summed E-state index contributed by atoms with van der Waals surface area (Å²) in [6.45, 7) is 3.74. The van der Waals surface area contributed by atoms with Gasteiger partial charge in [0, 0.05) is 6.04 Å². The van der Waals surface area contributed by atoms with E-state index in [9.17, 15) is 18.0 Å². The van der Waals surface area contributed by atoms with E-state index < -0.39 is 24.2 Å². The van der Waals surface area contributed by atoms with Gasteiger partial charge in [-0.05, 0) is 38.8 Å². The quantitative estimate of drug-likeness (QED) is 0.751. The lowest BCUT2D eigenvalue weighted by Crippen LogP contribution is -2.54. The van der Waals surface area contributed by atoms with Gasteiger partial charge in [0.1, 0.15) is 0 Å². The highest BCUT2D eigenvalue weighted by Gasteiger charge is 2.46. The number of nitrogens with two attached hydrogens (primary N) is 1. The zero-order valence-corrected chi connectivity index (χ0v) is 12.1. The van der Waals surface area contributed by atoms with Gasteiger partial charge in [0.25, 0.3) is 0 Å². The Morgan fingerprint density at radius 3 is 2.55 bits per heavy atom. The van der Waals surface area contributed by atoms with Crippen LogP contribution in [0.3, 0.4) is 0 Å². The first kappa shape index (κ1) is 17.2. The summed E-state index contributed by atoms with van der Waals surface area (Å²) in [6, 6.07) is -0.247. The molecule has 0 saturated heterocycles. The molecule has 0 heterocycles. The number of hydrogen-bond acceptors (Lipinski definition) is 3. The smallest absolute Gasteiger partial charge is 0.368 e. The van der Waals surface area contributed by atoms with Gasteiger partial charge in [-0.25, -0.2) is 0 Å². The Labute approximate surface area is 117 Å². The van der Waals surface area contributed by atoms with Crippen LogP contribution in [0.15, 0.2) is 0 Å². The minimum Gasteiger partial charge on any atom is -0.368 e. The fourth-order valence-electron chi connectivity index (χ4n) is 3.05. The lowest BCUT2D eigenvalue weighted by Gasteiger charge is -2.32. The predicted octanol–water partition coefficient (Wildman–Crippen LogP) is 1.65. The molecule has 1 fully saturated rings. The fraction of sp³-hybridized carbons (Fsp3) is 0.923. The summed E-state index contributed by atoms with van der Waals surface area (Å²) in [6.07, 6.45) is -2.15. The third-order valence-electron chi connectivity index (χ3n) is 3.88. The Morgan fingerprint density at radius 1 is 1.45 bits per heavy atom. The summed E-state index contributed by atoms with van der Waals surface area (Å²) in [5.41, 5.74) is 4.59. The topological polar surface area (TPSA) is 58.4 Å². The summed E-state index contributed by atoms with van der Waals surface area (Å²) in [4.78, 5) is 13.1. The van der Waals surface area contributed by atoms with Gasteiger partial charge in [-0.1, -0.05) is 13.8 Å². The summed E-state index contributed by atoms with van der Waals surface area (Å²) < 4.78 is 37.9. The highest BCUT2D eigenvalue weighted by molar-refractivity contribution is 5.85. The van der Waals surface area contributed by atoms with Gasteiger partial charge in [0.2, 0.25) is 5.91 Å². The number of alkyl halides is 3. The normalized spacial score (nSPS) is 27.2. The zero-order chi connectivity index (χ0) is 15.4. The van der Waals surface area contributed by atoms with Crippen molar-refractivity contribution in [1.29, 1.82) is 0 Å².